The second-order valence-corrected chi connectivity index (χ2v) is 9.19. The van der Waals surface area contributed by atoms with Gasteiger partial charge < -0.3 is 14.8 Å². The van der Waals surface area contributed by atoms with Gasteiger partial charge in [0.05, 0.1) is 30.1 Å². The van der Waals surface area contributed by atoms with Crippen molar-refractivity contribution in [1.29, 1.82) is 5.26 Å². The van der Waals surface area contributed by atoms with Gasteiger partial charge in [0.15, 0.2) is 10.8 Å². The normalized spacial score (nSPS) is 14.6. The number of hydrogen-bond donors (Lipinski definition) is 1. The van der Waals surface area contributed by atoms with Crippen LogP contribution >= 0.6 is 11.8 Å². The SMILES string of the molecule is CCOC(=O)CSc1nnc2c3c(c(C#N)c(Nc4ccc(C)cc4)n12)CC(C)(C)OC3. The average Bonchev–Trinajstić information content (AvgIpc) is 3.17. The highest BCUT2D eigenvalue weighted by molar-refractivity contribution is 7.99. The fourth-order valence-electron chi connectivity index (χ4n) is 3.73. The van der Waals surface area contributed by atoms with Crippen LogP contribution in [0.1, 0.15) is 43.0 Å². The van der Waals surface area contributed by atoms with Crippen molar-refractivity contribution < 1.29 is 14.3 Å². The maximum absolute atomic E-state index is 11.9. The fourth-order valence-corrected chi connectivity index (χ4v) is 4.47. The largest absolute Gasteiger partial charge is 0.465 e. The van der Waals surface area contributed by atoms with Gasteiger partial charge in [0.1, 0.15) is 11.9 Å². The van der Waals surface area contributed by atoms with E-state index in [-0.39, 0.29) is 17.3 Å². The third-order valence-electron chi connectivity index (χ3n) is 5.29. The molecular weight excluding hydrogens is 426 g/mol. The quantitative estimate of drug-likeness (QED) is 0.440. The Morgan fingerprint density at radius 1 is 1.31 bits per heavy atom. The molecule has 166 valence electrons. The molecule has 3 heterocycles. The second kappa shape index (κ2) is 8.81. The molecule has 0 unspecified atom stereocenters. The van der Waals surface area contributed by atoms with E-state index in [0.29, 0.717) is 41.8 Å². The highest BCUT2D eigenvalue weighted by atomic mass is 32.2. The molecule has 1 aliphatic rings. The Hall–Kier alpha value is -3.09. The molecule has 0 fully saturated rings. The van der Waals surface area contributed by atoms with Gasteiger partial charge in [0.25, 0.3) is 0 Å². The number of carbonyl (C=O) groups excluding carboxylic acids is 1. The molecule has 32 heavy (non-hydrogen) atoms. The first kappa shape index (κ1) is 22.1. The van der Waals surface area contributed by atoms with Crippen LogP contribution in [0.3, 0.4) is 0 Å². The van der Waals surface area contributed by atoms with Gasteiger partial charge in [-0.2, -0.15) is 5.26 Å². The smallest absolute Gasteiger partial charge is 0.316 e. The number of esters is 1. The number of aromatic nitrogens is 3. The zero-order valence-corrected chi connectivity index (χ0v) is 19.4. The molecular formula is C23H25N5O3S. The Labute approximate surface area is 190 Å². The van der Waals surface area contributed by atoms with Crippen molar-refractivity contribution in [3.8, 4) is 6.07 Å². The number of rotatable bonds is 6. The van der Waals surface area contributed by atoms with E-state index in [1.807, 2.05) is 49.4 Å². The first-order valence-electron chi connectivity index (χ1n) is 10.4. The topological polar surface area (TPSA) is 102 Å². The average molecular weight is 452 g/mol. The Morgan fingerprint density at radius 3 is 2.75 bits per heavy atom. The number of benzene rings is 1. The van der Waals surface area contributed by atoms with Gasteiger partial charge in [0.2, 0.25) is 0 Å². The van der Waals surface area contributed by atoms with Crippen LogP contribution in [0.2, 0.25) is 0 Å². The molecule has 0 spiro atoms. The number of nitriles is 1. The summed E-state index contributed by atoms with van der Waals surface area (Å²) >= 11 is 1.23. The number of pyridine rings is 1. The number of ether oxygens (including phenoxy) is 2. The number of nitrogens with one attached hydrogen (secondary N) is 1. The maximum Gasteiger partial charge on any atom is 0.316 e. The van der Waals surface area contributed by atoms with E-state index >= 15 is 0 Å². The van der Waals surface area contributed by atoms with E-state index in [2.05, 4.69) is 21.6 Å². The van der Waals surface area contributed by atoms with E-state index in [1.165, 1.54) is 11.8 Å². The van der Waals surface area contributed by atoms with Crippen LogP contribution in [-0.4, -0.2) is 38.5 Å². The van der Waals surface area contributed by atoms with Crippen LogP contribution in [-0.2, 0) is 27.3 Å². The molecule has 0 amide bonds. The van der Waals surface area contributed by atoms with Gasteiger partial charge in [-0.1, -0.05) is 29.5 Å². The molecule has 8 nitrogen and oxygen atoms in total. The standard InChI is InChI=1S/C23H25N5O3S/c1-5-30-19(29)13-32-22-27-26-21-18-12-31-23(3,4)10-16(18)17(11-24)20(28(21)22)25-15-8-6-14(2)7-9-15/h6-9,25H,5,10,12-13H2,1-4H3. The summed E-state index contributed by atoms with van der Waals surface area (Å²) in [6.45, 7) is 8.47. The summed E-state index contributed by atoms with van der Waals surface area (Å²) in [5.74, 6) is 0.353. The monoisotopic (exact) mass is 451 g/mol. The van der Waals surface area contributed by atoms with Crippen molar-refractivity contribution in [3.63, 3.8) is 0 Å². The van der Waals surface area contributed by atoms with Gasteiger partial charge in [-0.05, 0) is 45.4 Å². The van der Waals surface area contributed by atoms with E-state index in [1.54, 1.807) is 6.92 Å². The summed E-state index contributed by atoms with van der Waals surface area (Å²) in [4.78, 5) is 11.9. The molecule has 1 aromatic carbocycles. The molecule has 4 rings (SSSR count). The number of fused-ring (bicyclic) bond motifs is 3. The summed E-state index contributed by atoms with van der Waals surface area (Å²) in [7, 11) is 0. The molecule has 1 aliphatic heterocycles. The number of hydrogen-bond acceptors (Lipinski definition) is 8. The van der Waals surface area contributed by atoms with E-state index in [4.69, 9.17) is 9.47 Å². The molecule has 0 atom stereocenters. The summed E-state index contributed by atoms with van der Waals surface area (Å²) in [6.07, 6.45) is 0.586. The van der Waals surface area contributed by atoms with Crippen molar-refractivity contribution in [2.45, 2.75) is 51.5 Å². The molecule has 0 saturated heterocycles. The Morgan fingerprint density at radius 2 is 2.06 bits per heavy atom. The van der Waals surface area contributed by atoms with Crippen molar-refractivity contribution >= 4 is 34.9 Å². The van der Waals surface area contributed by atoms with Crippen molar-refractivity contribution in [3.05, 3.63) is 46.5 Å². The molecule has 2 aromatic heterocycles. The second-order valence-electron chi connectivity index (χ2n) is 8.24. The highest BCUT2D eigenvalue weighted by Gasteiger charge is 2.33. The van der Waals surface area contributed by atoms with Crippen LogP contribution in [0.15, 0.2) is 29.4 Å². The van der Waals surface area contributed by atoms with Gasteiger partial charge in [-0.3, -0.25) is 9.20 Å². The predicted molar refractivity (Wildman–Crippen MR) is 122 cm³/mol. The van der Waals surface area contributed by atoms with E-state index in [0.717, 1.165) is 22.4 Å². The van der Waals surface area contributed by atoms with Gasteiger partial charge in [0, 0.05) is 17.7 Å². The minimum atomic E-state index is -0.389. The lowest BCUT2D eigenvalue weighted by atomic mass is 9.89. The lowest BCUT2D eigenvalue weighted by Crippen LogP contribution is -2.33. The van der Waals surface area contributed by atoms with Crippen LogP contribution in [0.25, 0.3) is 5.65 Å². The molecule has 1 N–H and O–H groups in total. The molecule has 0 bridgehead atoms. The van der Waals surface area contributed by atoms with Crippen LogP contribution in [0, 0.1) is 18.3 Å². The third kappa shape index (κ3) is 4.29. The van der Waals surface area contributed by atoms with Gasteiger partial charge in [-0.25, -0.2) is 0 Å². The Bertz CT molecular complexity index is 1210. The zero-order valence-electron chi connectivity index (χ0n) is 18.6. The first-order chi connectivity index (χ1) is 15.3. The lowest BCUT2D eigenvalue weighted by molar-refractivity contribution is -0.139. The summed E-state index contributed by atoms with van der Waals surface area (Å²) in [5.41, 5.74) is 4.51. The molecule has 3 aromatic rings. The fraction of sp³-hybridized carbons (Fsp3) is 0.391. The Balaban J connectivity index is 1.88. The van der Waals surface area contributed by atoms with Gasteiger partial charge in [-0.15, -0.1) is 10.2 Å². The Kier molecular flexibility index (Phi) is 6.09. The third-order valence-corrected chi connectivity index (χ3v) is 6.19. The maximum atomic E-state index is 11.9. The number of carbonyl (C=O) groups is 1. The van der Waals surface area contributed by atoms with Crippen molar-refractivity contribution in [2.75, 3.05) is 17.7 Å². The van der Waals surface area contributed by atoms with Crippen molar-refractivity contribution in [2.24, 2.45) is 0 Å². The number of aryl methyl sites for hydroxylation is 1. The zero-order chi connectivity index (χ0) is 22.9. The number of thioether (sulfide) groups is 1. The molecule has 0 aliphatic carbocycles. The highest BCUT2D eigenvalue weighted by Crippen LogP contribution is 2.38. The number of nitrogens with zero attached hydrogens (tertiary/aromatic N) is 4. The van der Waals surface area contributed by atoms with E-state index < -0.39 is 0 Å². The molecule has 0 saturated carbocycles. The summed E-state index contributed by atoms with van der Waals surface area (Å²) < 4.78 is 12.9. The summed E-state index contributed by atoms with van der Waals surface area (Å²) in [6, 6.07) is 10.3. The van der Waals surface area contributed by atoms with Crippen LogP contribution in [0.5, 0.6) is 0 Å². The van der Waals surface area contributed by atoms with Crippen molar-refractivity contribution in [1.82, 2.24) is 14.6 Å². The van der Waals surface area contributed by atoms with Crippen LogP contribution < -0.4 is 5.32 Å². The number of anilines is 2. The minimum absolute atomic E-state index is 0.0983. The van der Waals surface area contributed by atoms with Gasteiger partial charge >= 0.3 is 5.97 Å². The van der Waals surface area contributed by atoms with E-state index in [9.17, 15) is 10.1 Å². The lowest BCUT2D eigenvalue weighted by Gasteiger charge is -2.33. The molecule has 0 radical (unpaired) electrons. The van der Waals surface area contributed by atoms with Crippen LogP contribution in [0.4, 0.5) is 11.5 Å². The first-order valence-corrected chi connectivity index (χ1v) is 11.4. The predicted octanol–water partition coefficient (Wildman–Crippen LogP) is 4.16. The summed E-state index contributed by atoms with van der Waals surface area (Å²) in [5, 5.41) is 22.8. The molecule has 9 heteroatoms. The minimum Gasteiger partial charge on any atom is -0.465 e.